The molecule has 0 N–H and O–H groups in total. The predicted molar refractivity (Wildman–Crippen MR) is 507 cm³/mol. The van der Waals surface area contributed by atoms with Gasteiger partial charge in [0.1, 0.15) is 12.3 Å². The van der Waals surface area contributed by atoms with E-state index in [2.05, 4.69) is 19.6 Å². The number of carbonyl (C=O) groups excluding carboxylic acids is 6. The van der Waals surface area contributed by atoms with Crippen molar-refractivity contribution in [3.05, 3.63) is 119 Å². The maximum atomic E-state index is 15.1. The lowest BCUT2D eigenvalue weighted by Gasteiger charge is -2.39. The molecule has 6 heterocycles. The van der Waals surface area contributed by atoms with Gasteiger partial charge >= 0.3 is 12.1 Å². The van der Waals surface area contributed by atoms with E-state index >= 15 is 9.59 Å². The summed E-state index contributed by atoms with van der Waals surface area (Å²) in [6.45, 7) is 34.8. The fraction of sp³-hybridized carbons (Fsp3) is 0.674. The highest BCUT2D eigenvalue weighted by Gasteiger charge is 2.58. The molecule has 678 valence electrons. The van der Waals surface area contributed by atoms with Crippen LogP contribution in [-0.4, -0.2) is 362 Å². The van der Waals surface area contributed by atoms with Crippen LogP contribution in [0.2, 0.25) is 0 Å². The van der Waals surface area contributed by atoms with Crippen LogP contribution in [-0.2, 0) is 37.9 Å². The standard InChI is InChI=1S/C92H138N8O14S8/c1-89(2,93-37-49-111-50-38-93)81(101)73-17-25-77(26-18-73)119-69-57-107-45-13-65-115-61-9-33-97-85-86(99(87(97)105)35-11-63-117-67-15-47-109-59-71-121-79-29-21-75(22-30-79)83(103)91(5,6)95-41-53-113-54-42-95)100(36-12-64-118-68-16-48-110-60-72-122-80-31-23-76(24-32-80)84(104)92(7,8)96-43-55-114-56-44-96)88(106)98(85)34-10-62-116-66-14-46-108-58-70-120-78-27-19-74(20-28-78)82(102)90(3,4)94-39-51-112-52-40-94/h17-32,85-86H,9-16,33-72H2,1-8H3. The second kappa shape index (κ2) is 53.5. The number of carbonyl (C=O) groups is 6. The van der Waals surface area contributed by atoms with Crippen molar-refractivity contribution in [2.75, 3.05) is 253 Å². The van der Waals surface area contributed by atoms with Crippen molar-refractivity contribution in [1.29, 1.82) is 0 Å². The first-order valence-corrected chi connectivity index (χ1v) is 52.9. The molecule has 0 unspecified atom stereocenters. The fourth-order valence-electron chi connectivity index (χ4n) is 16.1. The van der Waals surface area contributed by atoms with Crippen molar-refractivity contribution in [3.8, 4) is 0 Å². The Bertz CT molecular complexity index is 3280. The number of hydrogen-bond acceptors (Lipinski definition) is 26. The molecule has 6 saturated heterocycles. The first kappa shape index (κ1) is 101. The van der Waals surface area contributed by atoms with Crippen molar-refractivity contribution >= 4 is 129 Å². The van der Waals surface area contributed by atoms with Crippen molar-refractivity contribution in [2.45, 2.75) is 161 Å². The van der Waals surface area contributed by atoms with Crippen LogP contribution in [0.4, 0.5) is 9.59 Å². The van der Waals surface area contributed by atoms with E-state index in [0.29, 0.717) is 132 Å². The van der Waals surface area contributed by atoms with Crippen LogP contribution in [0.25, 0.3) is 0 Å². The molecule has 6 aliphatic heterocycles. The van der Waals surface area contributed by atoms with Gasteiger partial charge in [-0.1, -0.05) is 48.5 Å². The zero-order valence-corrected chi connectivity index (χ0v) is 80.4. The highest BCUT2D eigenvalue weighted by Crippen LogP contribution is 2.38. The van der Waals surface area contributed by atoms with E-state index in [1.165, 1.54) is 0 Å². The topological polar surface area (TPSA) is 202 Å². The third-order valence-electron chi connectivity index (χ3n) is 23.5. The average Bonchev–Trinajstić information content (AvgIpc) is 1.57. The normalized spacial score (nSPS) is 18.3. The molecule has 6 fully saturated rings. The summed E-state index contributed by atoms with van der Waals surface area (Å²) in [6.07, 6.45) is 6.20. The van der Waals surface area contributed by atoms with Crippen LogP contribution < -0.4 is 0 Å². The number of rotatable bonds is 60. The number of hydrogen-bond donors (Lipinski definition) is 0. The SMILES string of the molecule is CC(C)(C(=O)c1ccc(SCCOCCCSCCCN2C(=O)N(CCCSCCCOCCSc3ccc(C(=O)C(C)(C)N4CCOCC4)cc3)C3C2N(CCCSCCCOCCSc2ccc(C(=O)C(C)(C)N4CCOCC4)cc2)C(=O)N3CCCSCCCOCCSc2ccc(C(=O)C(C)(C)N3CCOCC3)cc2)cc1)N1CCOCC1. The van der Waals surface area contributed by atoms with Crippen molar-refractivity contribution in [3.63, 3.8) is 0 Å². The largest absolute Gasteiger partial charge is 0.381 e. The Morgan fingerprint density at radius 2 is 0.475 bits per heavy atom. The molecule has 22 nitrogen and oxygen atoms in total. The summed E-state index contributed by atoms with van der Waals surface area (Å²) in [6, 6.07) is 32.0. The highest BCUT2D eigenvalue weighted by molar-refractivity contribution is 8.00. The van der Waals surface area contributed by atoms with E-state index < -0.39 is 22.2 Å². The van der Waals surface area contributed by atoms with Crippen LogP contribution in [0.5, 0.6) is 0 Å². The van der Waals surface area contributed by atoms with Crippen molar-refractivity contribution < 1.29 is 66.7 Å². The van der Waals surface area contributed by atoms with E-state index in [1.807, 2.05) is 219 Å². The number of amides is 4. The van der Waals surface area contributed by atoms with E-state index in [0.717, 1.165) is 215 Å². The minimum absolute atomic E-state index is 0.0205. The number of benzene rings is 4. The number of nitrogens with zero attached hydrogens (tertiary/aromatic N) is 8. The summed E-state index contributed by atoms with van der Waals surface area (Å²) in [5.41, 5.74) is 0.551. The lowest BCUT2D eigenvalue weighted by Crippen LogP contribution is -2.54. The number of ether oxygens (including phenoxy) is 8. The molecule has 0 aliphatic carbocycles. The second-order valence-electron chi connectivity index (χ2n) is 33.3. The number of Topliss-reactive ketones (excluding diaryl/α,β-unsaturated/α-hetero) is 4. The molecule has 4 aromatic rings. The molecule has 4 amide bonds. The molecule has 6 aliphatic rings. The minimum atomic E-state index is -0.590. The van der Waals surface area contributed by atoms with Gasteiger partial charge in [0.15, 0.2) is 23.1 Å². The molecule has 30 heteroatoms. The van der Waals surface area contributed by atoms with Crippen molar-refractivity contribution in [2.24, 2.45) is 0 Å². The number of ketones is 4. The molecule has 0 spiro atoms. The van der Waals surface area contributed by atoms with Crippen LogP contribution in [0, 0.1) is 0 Å². The number of thioether (sulfide) groups is 8. The fourth-order valence-corrected chi connectivity index (χ4v) is 22.6. The zero-order chi connectivity index (χ0) is 86.4. The Kier molecular flexibility index (Phi) is 44.1. The van der Waals surface area contributed by atoms with E-state index in [-0.39, 0.29) is 47.5 Å². The first-order chi connectivity index (χ1) is 59.2. The van der Waals surface area contributed by atoms with E-state index in [4.69, 9.17) is 37.9 Å². The third-order valence-corrected chi connectivity index (χ3v) is 32.0. The molecule has 122 heavy (non-hydrogen) atoms. The Hall–Kier alpha value is -3.58. The predicted octanol–water partition coefficient (Wildman–Crippen LogP) is 15.6. The maximum absolute atomic E-state index is 15.1. The van der Waals surface area contributed by atoms with Gasteiger partial charge in [0.05, 0.1) is 101 Å². The monoisotopic (exact) mass is 1830 g/mol. The quantitative estimate of drug-likeness (QED) is 0.0229. The molecule has 0 atom stereocenters. The van der Waals surface area contributed by atoms with Gasteiger partial charge in [0, 0.05) is 170 Å². The first-order valence-electron chi connectivity index (χ1n) is 44.4. The molecule has 0 bridgehead atoms. The van der Waals surface area contributed by atoms with Crippen LogP contribution in [0.3, 0.4) is 0 Å². The maximum Gasteiger partial charge on any atom is 0.323 e. The average molecular weight is 1840 g/mol. The summed E-state index contributed by atoms with van der Waals surface area (Å²) in [7, 11) is 0. The van der Waals surface area contributed by atoms with Crippen LogP contribution >= 0.6 is 94.1 Å². The molecule has 10 rings (SSSR count). The smallest absolute Gasteiger partial charge is 0.323 e. The Labute approximate surface area is 762 Å². The van der Waals surface area contributed by atoms with Gasteiger partial charge < -0.3 is 37.9 Å². The van der Waals surface area contributed by atoms with Gasteiger partial charge in [-0.3, -0.25) is 58.4 Å². The zero-order valence-electron chi connectivity index (χ0n) is 73.9. The number of morpholine rings is 4. The van der Waals surface area contributed by atoms with Gasteiger partial charge in [0.25, 0.3) is 0 Å². The number of urea groups is 2. The molecule has 4 aromatic carbocycles. The summed E-state index contributed by atoms with van der Waals surface area (Å²) >= 11 is 14.5. The third kappa shape index (κ3) is 30.8. The molecule has 0 radical (unpaired) electrons. The lowest BCUT2D eigenvalue weighted by atomic mass is 9.91. The molecular formula is C92H138N8O14S8. The summed E-state index contributed by atoms with van der Waals surface area (Å²) in [5, 5.41) is 0. The summed E-state index contributed by atoms with van der Waals surface area (Å²) in [4.78, 5) is 106. The van der Waals surface area contributed by atoms with Gasteiger partial charge in [0.2, 0.25) is 0 Å². The van der Waals surface area contributed by atoms with Crippen LogP contribution in [0.15, 0.2) is 117 Å². The molecule has 0 saturated carbocycles. The highest BCUT2D eigenvalue weighted by atomic mass is 32.2. The Morgan fingerprint density at radius 1 is 0.287 bits per heavy atom. The van der Waals surface area contributed by atoms with Gasteiger partial charge in [-0.05, 0) is 201 Å². The summed E-state index contributed by atoms with van der Waals surface area (Å²) in [5.74, 6) is 11.2. The Balaban J connectivity index is 0.677. The Morgan fingerprint density at radius 3 is 0.672 bits per heavy atom. The van der Waals surface area contributed by atoms with Gasteiger partial charge in [-0.25, -0.2) is 9.59 Å². The molecular weight excluding hydrogens is 1700 g/mol. The van der Waals surface area contributed by atoms with E-state index in [9.17, 15) is 19.2 Å². The van der Waals surface area contributed by atoms with Crippen LogP contribution in [0.1, 0.15) is 148 Å². The minimum Gasteiger partial charge on any atom is -0.381 e. The van der Waals surface area contributed by atoms with Crippen molar-refractivity contribution in [1.82, 2.24) is 39.2 Å². The van der Waals surface area contributed by atoms with E-state index in [1.54, 1.807) is 47.0 Å². The molecule has 0 aromatic heterocycles. The van der Waals surface area contributed by atoms with Gasteiger partial charge in [-0.15, -0.1) is 47.0 Å². The second-order valence-corrected chi connectivity index (χ2v) is 42.9. The summed E-state index contributed by atoms with van der Waals surface area (Å²) < 4.78 is 46.5. The van der Waals surface area contributed by atoms with Gasteiger partial charge in [-0.2, -0.15) is 47.0 Å². The lowest BCUT2D eigenvalue weighted by molar-refractivity contribution is -0.00443. The number of fused-ring (bicyclic) bond motifs is 1.